The summed E-state index contributed by atoms with van der Waals surface area (Å²) in [7, 11) is 0. The number of carbonyl (C=O) groups excluding carboxylic acids is 1. The van der Waals surface area contributed by atoms with Crippen molar-refractivity contribution >= 4 is 5.78 Å². The second-order valence-electron chi connectivity index (χ2n) is 5.33. The fraction of sp³-hybridized carbons (Fsp3) is 0.750. The van der Waals surface area contributed by atoms with Crippen LogP contribution < -0.4 is 0 Å². The quantitative estimate of drug-likeness (QED) is 0.809. The number of aromatic nitrogens is 2. The second-order valence-corrected chi connectivity index (χ2v) is 5.33. The van der Waals surface area contributed by atoms with Gasteiger partial charge in [-0.15, -0.1) is 0 Å². The minimum absolute atomic E-state index is 0.0681. The van der Waals surface area contributed by atoms with Crippen molar-refractivity contribution in [2.24, 2.45) is 5.41 Å². The van der Waals surface area contributed by atoms with Crippen LogP contribution in [0.25, 0.3) is 0 Å². The molecule has 1 aliphatic rings. The van der Waals surface area contributed by atoms with E-state index in [0.717, 1.165) is 0 Å². The summed E-state index contributed by atoms with van der Waals surface area (Å²) >= 11 is 0. The minimum Gasteiger partial charge on any atom is -0.376 e. The van der Waals surface area contributed by atoms with Crippen molar-refractivity contribution in [2.75, 3.05) is 19.8 Å². The summed E-state index contributed by atoms with van der Waals surface area (Å²) in [5.41, 5.74) is -0.404. The van der Waals surface area contributed by atoms with Crippen LogP contribution >= 0.6 is 0 Å². The van der Waals surface area contributed by atoms with Crippen LogP contribution in [0, 0.1) is 5.41 Å². The van der Waals surface area contributed by atoms with Gasteiger partial charge in [-0.05, 0) is 0 Å². The van der Waals surface area contributed by atoms with Gasteiger partial charge in [-0.2, -0.15) is 4.98 Å². The van der Waals surface area contributed by atoms with E-state index in [0.29, 0.717) is 31.5 Å². The molecule has 1 atom stereocenters. The van der Waals surface area contributed by atoms with Gasteiger partial charge in [0.15, 0.2) is 0 Å². The summed E-state index contributed by atoms with van der Waals surface area (Å²) < 4.78 is 15.8. The maximum atomic E-state index is 11.8. The number of hydrogen-bond donors (Lipinski definition) is 0. The van der Waals surface area contributed by atoms with Gasteiger partial charge in [-0.3, -0.25) is 4.79 Å². The van der Waals surface area contributed by atoms with Gasteiger partial charge >= 0.3 is 0 Å². The largest absolute Gasteiger partial charge is 0.376 e. The average Bonchev–Trinajstić information content (AvgIpc) is 2.77. The fourth-order valence-electron chi connectivity index (χ4n) is 1.51. The van der Waals surface area contributed by atoms with E-state index in [1.165, 1.54) is 0 Å². The lowest BCUT2D eigenvalue weighted by atomic mass is 9.89. The molecule has 0 spiro atoms. The first kappa shape index (κ1) is 13.2. The van der Waals surface area contributed by atoms with Crippen LogP contribution in [0.4, 0.5) is 0 Å². The zero-order valence-electron chi connectivity index (χ0n) is 10.9. The molecule has 6 heteroatoms. The Labute approximate surface area is 106 Å². The van der Waals surface area contributed by atoms with E-state index >= 15 is 0 Å². The molecule has 0 amide bonds. The van der Waals surface area contributed by atoms with Crippen LogP contribution in [-0.4, -0.2) is 35.7 Å². The first-order chi connectivity index (χ1) is 8.47. The van der Waals surface area contributed by atoms with Gasteiger partial charge in [0.2, 0.25) is 11.7 Å². The number of Topliss-reactive ketones (excluding diaryl/α,β-unsaturated/α-hetero) is 1. The molecule has 0 radical (unpaired) electrons. The van der Waals surface area contributed by atoms with Gasteiger partial charge in [0, 0.05) is 5.41 Å². The predicted molar refractivity (Wildman–Crippen MR) is 62.0 cm³/mol. The Bertz CT molecular complexity index is 416. The number of ketones is 1. The molecule has 0 bridgehead atoms. The third-order valence-electron chi connectivity index (χ3n) is 2.74. The average molecular weight is 254 g/mol. The highest BCUT2D eigenvalue weighted by atomic mass is 16.6. The van der Waals surface area contributed by atoms with E-state index in [2.05, 4.69) is 10.1 Å². The van der Waals surface area contributed by atoms with Crippen molar-refractivity contribution < 1.29 is 18.8 Å². The number of hydrogen-bond acceptors (Lipinski definition) is 6. The molecule has 18 heavy (non-hydrogen) atoms. The van der Waals surface area contributed by atoms with Crippen LogP contribution in [0.15, 0.2) is 4.52 Å². The van der Waals surface area contributed by atoms with Gasteiger partial charge in [-0.1, -0.05) is 25.9 Å². The molecule has 0 aromatic carbocycles. The Hall–Kier alpha value is -1.27. The van der Waals surface area contributed by atoms with E-state index in [4.69, 9.17) is 14.0 Å². The molecule has 100 valence electrons. The zero-order valence-corrected chi connectivity index (χ0v) is 10.9. The molecule has 1 fully saturated rings. The smallest absolute Gasteiger partial charge is 0.234 e. The van der Waals surface area contributed by atoms with Crippen molar-refractivity contribution in [3.05, 3.63) is 11.7 Å². The number of carbonyl (C=O) groups is 1. The SMILES string of the molecule is CC(C)(C)C(=O)Cc1nc(C2COCCO2)no1. The van der Waals surface area contributed by atoms with Gasteiger partial charge in [0.05, 0.1) is 26.2 Å². The highest BCUT2D eigenvalue weighted by Crippen LogP contribution is 2.20. The van der Waals surface area contributed by atoms with E-state index in [-0.39, 0.29) is 18.3 Å². The van der Waals surface area contributed by atoms with Gasteiger partial charge in [0.1, 0.15) is 11.9 Å². The Morgan fingerprint density at radius 3 is 2.78 bits per heavy atom. The highest BCUT2D eigenvalue weighted by Gasteiger charge is 2.26. The molecule has 0 aliphatic carbocycles. The Balaban J connectivity index is 1.99. The summed E-state index contributed by atoms with van der Waals surface area (Å²) in [4.78, 5) is 16.0. The van der Waals surface area contributed by atoms with Crippen molar-refractivity contribution in [3.63, 3.8) is 0 Å². The Morgan fingerprint density at radius 2 is 2.17 bits per heavy atom. The van der Waals surface area contributed by atoms with E-state index in [1.807, 2.05) is 20.8 Å². The Kier molecular flexibility index (Phi) is 3.77. The summed E-state index contributed by atoms with van der Waals surface area (Å²) in [6.45, 7) is 7.13. The van der Waals surface area contributed by atoms with E-state index in [9.17, 15) is 4.79 Å². The molecule has 6 nitrogen and oxygen atoms in total. The standard InChI is InChI=1S/C12H18N2O4/c1-12(2,3)9(15)6-10-13-11(14-18-10)8-7-16-4-5-17-8/h8H,4-7H2,1-3H3. The van der Waals surface area contributed by atoms with Gasteiger partial charge in [-0.25, -0.2) is 0 Å². The first-order valence-corrected chi connectivity index (χ1v) is 6.02. The number of ether oxygens (including phenoxy) is 2. The van der Waals surface area contributed by atoms with Crippen LogP contribution in [0.5, 0.6) is 0 Å². The number of nitrogens with zero attached hydrogens (tertiary/aromatic N) is 2. The fourth-order valence-corrected chi connectivity index (χ4v) is 1.51. The second kappa shape index (κ2) is 5.16. The zero-order chi connectivity index (χ0) is 13.2. The molecular weight excluding hydrogens is 236 g/mol. The molecule has 1 aromatic rings. The van der Waals surface area contributed by atoms with E-state index < -0.39 is 5.41 Å². The van der Waals surface area contributed by atoms with Crippen molar-refractivity contribution in [1.82, 2.24) is 10.1 Å². The topological polar surface area (TPSA) is 74.5 Å². The predicted octanol–water partition coefficient (Wildman–Crippen LogP) is 1.32. The number of rotatable bonds is 3. The van der Waals surface area contributed by atoms with Crippen LogP contribution in [0.3, 0.4) is 0 Å². The monoisotopic (exact) mass is 254 g/mol. The lowest BCUT2D eigenvalue weighted by molar-refractivity contribution is -0.125. The lowest BCUT2D eigenvalue weighted by Gasteiger charge is -2.19. The van der Waals surface area contributed by atoms with Crippen LogP contribution in [0.2, 0.25) is 0 Å². The van der Waals surface area contributed by atoms with Crippen molar-refractivity contribution in [2.45, 2.75) is 33.3 Å². The first-order valence-electron chi connectivity index (χ1n) is 6.02. The van der Waals surface area contributed by atoms with Crippen LogP contribution in [0.1, 0.15) is 38.6 Å². The van der Waals surface area contributed by atoms with Gasteiger partial charge in [0.25, 0.3) is 0 Å². The molecule has 1 unspecified atom stereocenters. The summed E-state index contributed by atoms with van der Waals surface area (Å²) in [5, 5.41) is 3.83. The Morgan fingerprint density at radius 1 is 1.39 bits per heavy atom. The molecule has 1 aliphatic heterocycles. The van der Waals surface area contributed by atoms with Crippen molar-refractivity contribution in [3.8, 4) is 0 Å². The molecule has 2 rings (SSSR count). The van der Waals surface area contributed by atoms with E-state index in [1.54, 1.807) is 0 Å². The molecular formula is C12H18N2O4. The summed E-state index contributed by atoms with van der Waals surface area (Å²) in [6, 6.07) is 0. The minimum atomic E-state index is -0.404. The third kappa shape index (κ3) is 3.14. The third-order valence-corrected chi connectivity index (χ3v) is 2.74. The summed E-state index contributed by atoms with van der Waals surface area (Å²) in [5.74, 6) is 0.851. The van der Waals surface area contributed by atoms with Crippen LogP contribution in [-0.2, 0) is 20.7 Å². The maximum absolute atomic E-state index is 11.8. The normalized spacial score (nSPS) is 20.9. The van der Waals surface area contributed by atoms with Crippen molar-refractivity contribution in [1.29, 1.82) is 0 Å². The lowest BCUT2D eigenvalue weighted by Crippen LogP contribution is -2.23. The molecule has 1 aromatic heterocycles. The highest BCUT2D eigenvalue weighted by molar-refractivity contribution is 5.84. The summed E-state index contributed by atoms with van der Waals surface area (Å²) in [6.07, 6.45) is -0.134. The molecule has 2 heterocycles. The molecule has 1 saturated heterocycles. The van der Waals surface area contributed by atoms with Gasteiger partial charge < -0.3 is 14.0 Å². The molecule has 0 saturated carbocycles. The molecule has 0 N–H and O–H groups in total. The maximum Gasteiger partial charge on any atom is 0.234 e.